The second kappa shape index (κ2) is 6.02. The van der Waals surface area contributed by atoms with Crippen molar-refractivity contribution < 1.29 is 4.74 Å². The Hall–Kier alpha value is -0.560. The van der Waals surface area contributed by atoms with E-state index < -0.39 is 0 Å². The number of hydrazine groups is 1. The molecule has 3 N–H and O–H groups in total. The molecule has 0 aliphatic heterocycles. The molecule has 1 fully saturated rings. The van der Waals surface area contributed by atoms with Gasteiger partial charge in [-0.25, -0.2) is 0 Å². The summed E-state index contributed by atoms with van der Waals surface area (Å²) in [5.74, 6) is 8.77. The molecule has 1 aliphatic carbocycles. The molecule has 1 rings (SSSR count). The van der Waals surface area contributed by atoms with Crippen LogP contribution in [0.25, 0.3) is 0 Å². The molecule has 0 saturated heterocycles. The third-order valence-corrected chi connectivity index (χ3v) is 2.81. The maximum Gasteiger partial charge on any atom is 0.0580 e. The molecule has 0 heterocycles. The molecule has 0 aromatic carbocycles. The summed E-state index contributed by atoms with van der Waals surface area (Å²) < 4.78 is 5.49. The number of terminal acetylenes is 1. The molecule has 0 bridgehead atoms. The van der Waals surface area contributed by atoms with Crippen molar-refractivity contribution in [2.24, 2.45) is 11.8 Å². The zero-order valence-electron chi connectivity index (χ0n) is 8.83. The number of nitrogens with two attached hydrogens (primary N) is 1. The molecule has 0 spiro atoms. The highest BCUT2D eigenvalue weighted by Gasteiger charge is 2.30. The zero-order chi connectivity index (χ0) is 10.4. The van der Waals surface area contributed by atoms with Crippen LogP contribution < -0.4 is 11.3 Å². The van der Waals surface area contributed by atoms with Crippen molar-refractivity contribution in [3.63, 3.8) is 0 Å². The van der Waals surface area contributed by atoms with E-state index in [1.54, 1.807) is 0 Å². The van der Waals surface area contributed by atoms with Crippen LogP contribution in [-0.4, -0.2) is 18.8 Å². The Morgan fingerprint density at radius 1 is 1.64 bits per heavy atom. The van der Waals surface area contributed by atoms with Crippen molar-refractivity contribution in [2.75, 3.05) is 6.61 Å². The van der Waals surface area contributed by atoms with Crippen molar-refractivity contribution in [1.82, 2.24) is 5.43 Å². The van der Waals surface area contributed by atoms with E-state index in [4.69, 9.17) is 17.0 Å². The van der Waals surface area contributed by atoms with E-state index in [0.717, 1.165) is 31.8 Å². The van der Waals surface area contributed by atoms with Crippen molar-refractivity contribution in [2.45, 2.75) is 44.8 Å². The zero-order valence-corrected chi connectivity index (χ0v) is 8.83. The Balaban J connectivity index is 2.11. The lowest BCUT2D eigenvalue weighted by atomic mass is 9.78. The van der Waals surface area contributed by atoms with E-state index in [9.17, 15) is 0 Å². The highest BCUT2D eigenvalue weighted by atomic mass is 16.5. The molecule has 3 nitrogen and oxygen atoms in total. The molecular weight excluding hydrogens is 176 g/mol. The summed E-state index contributed by atoms with van der Waals surface area (Å²) >= 11 is 0. The first-order valence-corrected chi connectivity index (χ1v) is 5.31. The fraction of sp³-hybridized carbons (Fsp3) is 0.818. The number of hydrogen-bond acceptors (Lipinski definition) is 3. The summed E-state index contributed by atoms with van der Waals surface area (Å²) in [6.45, 7) is 2.86. The van der Waals surface area contributed by atoms with Crippen LogP contribution in [0.4, 0.5) is 0 Å². The van der Waals surface area contributed by atoms with Gasteiger partial charge in [-0.15, -0.1) is 12.3 Å². The molecule has 1 aliphatic rings. The fourth-order valence-corrected chi connectivity index (χ4v) is 1.99. The first-order valence-electron chi connectivity index (χ1n) is 5.31. The van der Waals surface area contributed by atoms with E-state index in [0.29, 0.717) is 12.5 Å². The molecule has 1 unspecified atom stereocenters. The normalized spacial score (nSPS) is 27.8. The summed E-state index contributed by atoms with van der Waals surface area (Å²) in [6.07, 6.45) is 9.84. The third kappa shape index (κ3) is 3.30. The number of ether oxygens (including phenoxy) is 1. The Morgan fingerprint density at radius 2 is 2.36 bits per heavy atom. The van der Waals surface area contributed by atoms with Crippen molar-refractivity contribution in [3.8, 4) is 12.3 Å². The minimum absolute atomic E-state index is 0.271. The molecule has 3 heteroatoms. The highest BCUT2D eigenvalue weighted by Crippen LogP contribution is 2.33. The summed E-state index contributed by atoms with van der Waals surface area (Å²) in [4.78, 5) is 0. The van der Waals surface area contributed by atoms with E-state index >= 15 is 0 Å². The average molecular weight is 196 g/mol. The SMILES string of the molecule is C#CCC(CC1CC(OCC)C1)NN. The van der Waals surface area contributed by atoms with E-state index in [1.807, 2.05) is 6.92 Å². The number of rotatable bonds is 6. The predicted molar refractivity (Wildman–Crippen MR) is 57.3 cm³/mol. The first-order chi connectivity index (χ1) is 6.80. The third-order valence-electron chi connectivity index (χ3n) is 2.81. The van der Waals surface area contributed by atoms with Gasteiger partial charge >= 0.3 is 0 Å². The van der Waals surface area contributed by atoms with Crippen LogP contribution in [-0.2, 0) is 4.74 Å². The topological polar surface area (TPSA) is 47.3 Å². The lowest BCUT2D eigenvalue weighted by Crippen LogP contribution is -2.40. The maximum atomic E-state index is 5.49. The van der Waals surface area contributed by atoms with Gasteiger partial charge < -0.3 is 4.74 Å². The van der Waals surface area contributed by atoms with Gasteiger partial charge in [-0.05, 0) is 32.1 Å². The van der Waals surface area contributed by atoms with Crippen LogP contribution in [0.1, 0.15) is 32.6 Å². The molecule has 1 atom stereocenters. The summed E-state index contributed by atoms with van der Waals surface area (Å²) in [5.41, 5.74) is 2.77. The van der Waals surface area contributed by atoms with Crippen molar-refractivity contribution >= 4 is 0 Å². The monoisotopic (exact) mass is 196 g/mol. The molecule has 80 valence electrons. The average Bonchev–Trinajstić information content (AvgIpc) is 2.13. The summed E-state index contributed by atoms with van der Waals surface area (Å²) in [5, 5.41) is 0. The van der Waals surface area contributed by atoms with Gasteiger partial charge in [0.15, 0.2) is 0 Å². The minimum atomic E-state index is 0.271. The van der Waals surface area contributed by atoms with Gasteiger partial charge in [0.2, 0.25) is 0 Å². The van der Waals surface area contributed by atoms with Gasteiger partial charge in [-0.1, -0.05) is 0 Å². The summed E-state index contributed by atoms with van der Waals surface area (Å²) in [7, 11) is 0. The predicted octanol–water partition coefficient (Wildman–Crippen LogP) is 1.05. The molecule has 0 aromatic rings. The van der Waals surface area contributed by atoms with Crippen LogP contribution in [0.2, 0.25) is 0 Å². The van der Waals surface area contributed by atoms with E-state index in [2.05, 4.69) is 11.3 Å². The van der Waals surface area contributed by atoms with Gasteiger partial charge in [0.25, 0.3) is 0 Å². The van der Waals surface area contributed by atoms with Crippen LogP contribution in [0.15, 0.2) is 0 Å². The Labute approximate surface area is 86.4 Å². The number of nitrogens with one attached hydrogen (secondary N) is 1. The second-order valence-electron chi connectivity index (χ2n) is 3.92. The molecule has 0 aromatic heterocycles. The Kier molecular flexibility index (Phi) is 4.95. The fourth-order valence-electron chi connectivity index (χ4n) is 1.99. The first kappa shape index (κ1) is 11.5. The van der Waals surface area contributed by atoms with Crippen LogP contribution in [0, 0.1) is 18.3 Å². The Morgan fingerprint density at radius 3 is 2.86 bits per heavy atom. The van der Waals surface area contributed by atoms with Crippen LogP contribution in [0.3, 0.4) is 0 Å². The minimum Gasteiger partial charge on any atom is -0.378 e. The summed E-state index contributed by atoms with van der Waals surface area (Å²) in [6, 6.07) is 0.271. The number of hydrogen-bond donors (Lipinski definition) is 2. The lowest BCUT2D eigenvalue weighted by Gasteiger charge is -2.36. The molecule has 1 saturated carbocycles. The van der Waals surface area contributed by atoms with E-state index in [-0.39, 0.29) is 6.04 Å². The van der Waals surface area contributed by atoms with Crippen LogP contribution in [0.5, 0.6) is 0 Å². The maximum absolute atomic E-state index is 5.49. The van der Waals surface area contributed by atoms with E-state index in [1.165, 1.54) is 0 Å². The van der Waals surface area contributed by atoms with Gasteiger partial charge in [0, 0.05) is 19.1 Å². The van der Waals surface area contributed by atoms with Gasteiger partial charge in [-0.3, -0.25) is 11.3 Å². The van der Waals surface area contributed by atoms with Gasteiger partial charge in [0.1, 0.15) is 0 Å². The van der Waals surface area contributed by atoms with Gasteiger partial charge in [0.05, 0.1) is 6.10 Å². The van der Waals surface area contributed by atoms with Gasteiger partial charge in [-0.2, -0.15) is 0 Å². The van der Waals surface area contributed by atoms with Crippen LogP contribution >= 0.6 is 0 Å². The quantitative estimate of drug-likeness (QED) is 0.379. The smallest absolute Gasteiger partial charge is 0.0580 e. The second-order valence-corrected chi connectivity index (χ2v) is 3.92. The highest BCUT2D eigenvalue weighted by molar-refractivity contribution is 4.92. The molecule has 0 amide bonds. The lowest BCUT2D eigenvalue weighted by molar-refractivity contribution is -0.0289. The molecule has 0 radical (unpaired) electrons. The Bertz CT molecular complexity index is 194. The van der Waals surface area contributed by atoms with Crippen molar-refractivity contribution in [3.05, 3.63) is 0 Å². The molecular formula is C11H20N2O. The molecule has 14 heavy (non-hydrogen) atoms. The largest absolute Gasteiger partial charge is 0.378 e. The van der Waals surface area contributed by atoms with Crippen molar-refractivity contribution in [1.29, 1.82) is 0 Å². The standard InChI is InChI=1S/C11H20N2O/c1-3-5-10(13-12)6-9-7-11(8-9)14-4-2/h1,9-11,13H,4-8,12H2,2H3.